The van der Waals surface area contributed by atoms with Crippen LogP contribution in [0.15, 0.2) is 53.4 Å². The lowest BCUT2D eigenvalue weighted by molar-refractivity contribution is -0.160. The van der Waals surface area contributed by atoms with E-state index in [1.165, 1.54) is 48.5 Å². The van der Waals surface area contributed by atoms with Crippen molar-refractivity contribution in [3.63, 3.8) is 0 Å². The van der Waals surface area contributed by atoms with Crippen molar-refractivity contribution in [3.05, 3.63) is 75.8 Å². The summed E-state index contributed by atoms with van der Waals surface area (Å²) in [6.45, 7) is 2.05. The van der Waals surface area contributed by atoms with Crippen LogP contribution in [0.2, 0.25) is 0 Å². The van der Waals surface area contributed by atoms with Gasteiger partial charge in [0, 0.05) is 29.7 Å². The average Bonchev–Trinajstić information content (AvgIpc) is 3.12. The maximum Gasteiger partial charge on any atom is 0.223 e. The van der Waals surface area contributed by atoms with E-state index < -0.39 is 0 Å². The number of carbonyl (C=O) groups excluding carboxylic acids is 1. The number of hydrogen-bond donors (Lipinski definition) is 2. The molecule has 3 aromatic rings. The third-order valence-corrected chi connectivity index (χ3v) is 6.14. The molecule has 0 unspecified atom stereocenters. The van der Waals surface area contributed by atoms with Gasteiger partial charge in [-0.15, -0.1) is 11.3 Å². The van der Waals surface area contributed by atoms with Crippen molar-refractivity contribution in [1.29, 1.82) is 0 Å². The number of anilines is 1. The minimum absolute atomic E-state index is 0.112. The maximum absolute atomic E-state index is 11.5. The van der Waals surface area contributed by atoms with Gasteiger partial charge in [-0.2, -0.15) is 4.33 Å². The van der Waals surface area contributed by atoms with Crippen LogP contribution in [0.3, 0.4) is 0 Å². The van der Waals surface area contributed by atoms with Gasteiger partial charge in [-0.05, 0) is 41.7 Å². The molecule has 1 aromatic heterocycles. The van der Waals surface area contributed by atoms with Crippen molar-refractivity contribution >= 4 is 34.4 Å². The summed E-state index contributed by atoms with van der Waals surface area (Å²) in [6.07, 6.45) is 2.45. The highest BCUT2D eigenvalue weighted by molar-refractivity contribution is 7.94. The Balaban J connectivity index is 1.72. The second-order valence-electron chi connectivity index (χ2n) is 6.73. The molecular formula is C22H25N3O3S2. The number of nitrogens with two attached hydrogens (primary N) is 1. The van der Waals surface area contributed by atoms with Crippen LogP contribution in [0, 0.1) is 0 Å². The number of thiazole rings is 1. The first-order chi connectivity index (χ1) is 14.6. The average molecular weight is 444 g/mol. The lowest BCUT2D eigenvalue weighted by atomic mass is 10.0. The summed E-state index contributed by atoms with van der Waals surface area (Å²) in [5.74, 6) is -0.112. The molecule has 0 bridgehead atoms. The molecule has 6 nitrogen and oxygen atoms in total. The number of nitrogens with one attached hydrogen (secondary N) is 1. The van der Waals surface area contributed by atoms with Crippen LogP contribution in [0.5, 0.6) is 0 Å². The summed E-state index contributed by atoms with van der Waals surface area (Å²) < 4.78 is 4.89. The summed E-state index contributed by atoms with van der Waals surface area (Å²) in [4.78, 5) is 22.9. The topological polar surface area (TPSA) is 86.5 Å². The SMILES string of the molecule is COOSc1ccc(Cc2sc(NC(C)=O)nc2CCc2ccc(CN)cc2)cc1. The Morgan fingerprint density at radius 2 is 1.73 bits per heavy atom. The Bertz CT molecular complexity index is 957. The molecule has 0 aliphatic carbocycles. The summed E-state index contributed by atoms with van der Waals surface area (Å²) in [7, 11) is 1.48. The molecule has 30 heavy (non-hydrogen) atoms. The molecule has 0 spiro atoms. The van der Waals surface area contributed by atoms with E-state index in [1.807, 2.05) is 12.1 Å². The molecule has 0 radical (unpaired) electrons. The first-order valence-corrected chi connectivity index (χ1v) is 11.1. The maximum atomic E-state index is 11.5. The van der Waals surface area contributed by atoms with Crippen molar-refractivity contribution in [3.8, 4) is 0 Å². The molecule has 0 aliphatic rings. The molecule has 0 saturated heterocycles. The lowest BCUT2D eigenvalue weighted by Gasteiger charge is -2.05. The standard InChI is InChI=1S/C22H25N3O3S2/c1-15(26)24-22-25-20(12-9-16-3-5-18(14-23)6-4-16)21(29-22)13-17-7-10-19(11-8-17)30-28-27-2/h3-8,10-11H,9,12-14,23H2,1-2H3,(H,24,25,26). The van der Waals surface area contributed by atoms with Crippen LogP contribution in [0.4, 0.5) is 5.13 Å². The van der Waals surface area contributed by atoms with Crippen LogP contribution in [0.1, 0.15) is 34.2 Å². The van der Waals surface area contributed by atoms with Crippen LogP contribution < -0.4 is 11.1 Å². The number of nitrogens with zero attached hydrogens (tertiary/aromatic N) is 1. The zero-order valence-corrected chi connectivity index (χ0v) is 18.6. The van der Waals surface area contributed by atoms with E-state index in [1.54, 1.807) is 0 Å². The van der Waals surface area contributed by atoms with Crippen LogP contribution in [0.25, 0.3) is 0 Å². The third-order valence-electron chi connectivity index (χ3n) is 4.46. The van der Waals surface area contributed by atoms with E-state index >= 15 is 0 Å². The Kier molecular flexibility index (Phi) is 8.41. The molecule has 0 atom stereocenters. The summed E-state index contributed by atoms with van der Waals surface area (Å²) in [5, 5.41) is 3.46. The van der Waals surface area contributed by atoms with Gasteiger partial charge in [-0.25, -0.2) is 9.87 Å². The van der Waals surface area contributed by atoms with E-state index in [9.17, 15) is 4.79 Å². The van der Waals surface area contributed by atoms with Crippen LogP contribution in [-0.4, -0.2) is 18.0 Å². The number of aromatic nitrogens is 1. The highest BCUT2D eigenvalue weighted by Gasteiger charge is 2.13. The smallest absolute Gasteiger partial charge is 0.223 e. The largest absolute Gasteiger partial charge is 0.326 e. The second-order valence-corrected chi connectivity index (χ2v) is 8.59. The number of rotatable bonds is 10. The zero-order valence-electron chi connectivity index (χ0n) is 17.0. The Hall–Kier alpha value is -2.23. The van der Waals surface area contributed by atoms with Crippen molar-refractivity contribution in [2.75, 3.05) is 12.4 Å². The first kappa shape index (κ1) is 22.5. The van der Waals surface area contributed by atoms with Gasteiger partial charge >= 0.3 is 0 Å². The predicted octanol–water partition coefficient (Wildman–Crippen LogP) is 4.52. The fraction of sp³-hybridized carbons (Fsp3) is 0.273. The van der Waals surface area contributed by atoms with Gasteiger partial charge < -0.3 is 11.1 Å². The van der Waals surface area contributed by atoms with Gasteiger partial charge in [0.2, 0.25) is 5.91 Å². The van der Waals surface area contributed by atoms with E-state index in [0.717, 1.165) is 40.3 Å². The second kappa shape index (κ2) is 11.2. The molecular weight excluding hydrogens is 418 g/mol. The third kappa shape index (κ3) is 6.65. The lowest BCUT2D eigenvalue weighted by Crippen LogP contribution is -2.05. The molecule has 158 valence electrons. The van der Waals surface area contributed by atoms with Crippen molar-refractivity contribution in [1.82, 2.24) is 4.98 Å². The normalized spacial score (nSPS) is 10.9. The van der Waals surface area contributed by atoms with Gasteiger partial charge in [0.15, 0.2) is 5.13 Å². The highest BCUT2D eigenvalue weighted by atomic mass is 32.2. The molecule has 8 heteroatoms. The Labute approximate surface area is 184 Å². The summed E-state index contributed by atoms with van der Waals surface area (Å²) >= 11 is 2.70. The van der Waals surface area contributed by atoms with Crippen molar-refractivity contribution < 1.29 is 14.0 Å². The van der Waals surface area contributed by atoms with Gasteiger partial charge in [0.05, 0.1) is 24.8 Å². The van der Waals surface area contributed by atoms with Gasteiger partial charge in [-0.3, -0.25) is 4.79 Å². The monoisotopic (exact) mass is 443 g/mol. The van der Waals surface area contributed by atoms with E-state index in [0.29, 0.717) is 11.7 Å². The number of carbonyl (C=O) groups is 1. The summed E-state index contributed by atoms with van der Waals surface area (Å²) in [5.41, 5.74) is 10.2. The molecule has 0 aliphatic heterocycles. The molecule has 2 aromatic carbocycles. The first-order valence-electron chi connectivity index (χ1n) is 9.57. The van der Waals surface area contributed by atoms with Gasteiger partial charge in [-0.1, -0.05) is 36.4 Å². The fourth-order valence-corrected chi connectivity index (χ4v) is 4.43. The fourth-order valence-electron chi connectivity index (χ4n) is 2.95. The van der Waals surface area contributed by atoms with E-state index in [-0.39, 0.29) is 5.91 Å². The molecule has 3 rings (SSSR count). The molecule has 0 saturated carbocycles. The number of hydrogen-bond acceptors (Lipinski definition) is 7. The molecule has 3 N–H and O–H groups in total. The van der Waals surface area contributed by atoms with E-state index in [2.05, 4.69) is 51.6 Å². The zero-order chi connectivity index (χ0) is 21.3. The molecule has 0 fully saturated rings. The minimum Gasteiger partial charge on any atom is -0.326 e. The number of benzene rings is 2. The quantitative estimate of drug-likeness (QED) is 0.272. The van der Waals surface area contributed by atoms with Crippen LogP contribution >= 0.6 is 23.4 Å². The Morgan fingerprint density at radius 1 is 1.07 bits per heavy atom. The minimum atomic E-state index is -0.112. The number of amides is 1. The van der Waals surface area contributed by atoms with Crippen molar-refractivity contribution in [2.45, 2.75) is 37.6 Å². The summed E-state index contributed by atoms with van der Waals surface area (Å²) in [6, 6.07) is 16.5. The highest BCUT2D eigenvalue weighted by Crippen LogP contribution is 2.28. The molecule has 1 amide bonds. The van der Waals surface area contributed by atoms with Crippen LogP contribution in [-0.2, 0) is 39.8 Å². The Morgan fingerprint density at radius 3 is 2.37 bits per heavy atom. The van der Waals surface area contributed by atoms with Gasteiger partial charge in [0.25, 0.3) is 0 Å². The molecule has 1 heterocycles. The predicted molar refractivity (Wildman–Crippen MR) is 121 cm³/mol. The van der Waals surface area contributed by atoms with Crippen molar-refractivity contribution in [2.24, 2.45) is 5.73 Å². The number of aryl methyl sites for hydroxylation is 2. The van der Waals surface area contributed by atoms with E-state index in [4.69, 9.17) is 10.1 Å². The van der Waals surface area contributed by atoms with Gasteiger partial charge in [0.1, 0.15) is 0 Å².